The van der Waals surface area contributed by atoms with Crippen molar-refractivity contribution in [3.05, 3.63) is 71.0 Å². The standard InChI is InChI=1S/C16H15FO2/c1-11-10-14(8-9-15(11)17)16(18)19-12(2)13-6-4-3-5-7-13/h3-10,12H,1-2H3. The zero-order valence-corrected chi connectivity index (χ0v) is 10.9. The third-order valence-corrected chi connectivity index (χ3v) is 2.95. The number of ether oxygens (including phenoxy) is 1. The average Bonchev–Trinajstić information content (AvgIpc) is 2.42. The van der Waals surface area contributed by atoms with Gasteiger partial charge in [-0.25, -0.2) is 9.18 Å². The van der Waals surface area contributed by atoms with Gasteiger partial charge >= 0.3 is 5.97 Å². The summed E-state index contributed by atoms with van der Waals surface area (Å²) in [6.07, 6.45) is -0.334. The smallest absolute Gasteiger partial charge is 0.338 e. The van der Waals surface area contributed by atoms with Crippen molar-refractivity contribution in [3.8, 4) is 0 Å². The molecule has 0 fully saturated rings. The SMILES string of the molecule is Cc1cc(C(=O)OC(C)c2ccccc2)ccc1F. The van der Waals surface area contributed by atoms with Crippen molar-refractivity contribution in [1.29, 1.82) is 0 Å². The van der Waals surface area contributed by atoms with E-state index in [1.54, 1.807) is 6.92 Å². The second-order valence-electron chi connectivity index (χ2n) is 4.42. The molecule has 19 heavy (non-hydrogen) atoms. The van der Waals surface area contributed by atoms with Crippen LogP contribution in [0.5, 0.6) is 0 Å². The summed E-state index contributed by atoms with van der Waals surface area (Å²) in [4.78, 5) is 11.9. The Morgan fingerprint density at radius 1 is 1.16 bits per heavy atom. The van der Waals surface area contributed by atoms with Crippen molar-refractivity contribution in [1.82, 2.24) is 0 Å². The van der Waals surface area contributed by atoms with Gasteiger partial charge in [-0.15, -0.1) is 0 Å². The van der Waals surface area contributed by atoms with Crippen LogP contribution in [0.25, 0.3) is 0 Å². The fraction of sp³-hybridized carbons (Fsp3) is 0.188. The minimum absolute atomic E-state index is 0.326. The molecule has 0 radical (unpaired) electrons. The summed E-state index contributed by atoms with van der Waals surface area (Å²) >= 11 is 0. The number of hydrogen-bond donors (Lipinski definition) is 0. The first-order valence-corrected chi connectivity index (χ1v) is 6.10. The molecular formula is C16H15FO2. The van der Waals surface area contributed by atoms with Crippen LogP contribution in [0, 0.1) is 12.7 Å². The van der Waals surface area contributed by atoms with E-state index in [1.807, 2.05) is 37.3 Å². The Hall–Kier alpha value is -2.16. The summed E-state index contributed by atoms with van der Waals surface area (Å²) in [6.45, 7) is 3.43. The second kappa shape index (κ2) is 5.65. The molecule has 0 amide bonds. The van der Waals surface area contributed by atoms with E-state index in [-0.39, 0.29) is 11.9 Å². The molecule has 3 heteroatoms. The molecule has 2 aromatic carbocycles. The maximum Gasteiger partial charge on any atom is 0.338 e. The Morgan fingerprint density at radius 2 is 1.84 bits per heavy atom. The number of hydrogen-bond acceptors (Lipinski definition) is 2. The number of esters is 1. The quantitative estimate of drug-likeness (QED) is 0.776. The van der Waals surface area contributed by atoms with Crippen LogP contribution >= 0.6 is 0 Å². The van der Waals surface area contributed by atoms with Crippen molar-refractivity contribution < 1.29 is 13.9 Å². The van der Waals surface area contributed by atoms with Crippen LogP contribution in [-0.4, -0.2) is 5.97 Å². The average molecular weight is 258 g/mol. The molecule has 0 bridgehead atoms. The van der Waals surface area contributed by atoms with Crippen LogP contribution in [0.2, 0.25) is 0 Å². The van der Waals surface area contributed by atoms with Crippen LogP contribution < -0.4 is 0 Å². The summed E-state index contributed by atoms with van der Waals surface area (Å²) in [6, 6.07) is 13.7. The third kappa shape index (κ3) is 3.19. The van der Waals surface area contributed by atoms with Gasteiger partial charge in [0.25, 0.3) is 0 Å². The number of halogens is 1. The lowest BCUT2D eigenvalue weighted by molar-refractivity contribution is 0.0337. The Morgan fingerprint density at radius 3 is 2.47 bits per heavy atom. The van der Waals surface area contributed by atoms with Crippen molar-refractivity contribution >= 4 is 5.97 Å². The van der Waals surface area contributed by atoms with Gasteiger partial charge in [-0.1, -0.05) is 30.3 Å². The van der Waals surface area contributed by atoms with Crippen LogP contribution in [0.4, 0.5) is 4.39 Å². The zero-order valence-electron chi connectivity index (χ0n) is 10.9. The van der Waals surface area contributed by atoms with Gasteiger partial charge in [-0.05, 0) is 43.2 Å². The lowest BCUT2D eigenvalue weighted by Crippen LogP contribution is -2.09. The topological polar surface area (TPSA) is 26.3 Å². The lowest BCUT2D eigenvalue weighted by atomic mass is 10.1. The molecule has 1 atom stereocenters. The van der Waals surface area contributed by atoms with Crippen molar-refractivity contribution in [2.45, 2.75) is 20.0 Å². The Balaban J connectivity index is 2.11. The van der Waals surface area contributed by atoms with Gasteiger partial charge in [0.05, 0.1) is 5.56 Å². The number of carbonyl (C=O) groups excluding carboxylic acids is 1. The van der Waals surface area contributed by atoms with Gasteiger partial charge < -0.3 is 4.74 Å². The van der Waals surface area contributed by atoms with E-state index in [4.69, 9.17) is 4.74 Å². The minimum Gasteiger partial charge on any atom is -0.454 e. The molecule has 2 aromatic rings. The Bertz CT molecular complexity index is 579. The number of rotatable bonds is 3. The monoisotopic (exact) mass is 258 g/mol. The summed E-state index contributed by atoms with van der Waals surface area (Å²) < 4.78 is 18.5. The van der Waals surface area contributed by atoms with E-state index >= 15 is 0 Å². The highest BCUT2D eigenvalue weighted by molar-refractivity contribution is 5.89. The number of carbonyl (C=O) groups is 1. The van der Waals surface area contributed by atoms with E-state index in [2.05, 4.69) is 0 Å². The van der Waals surface area contributed by atoms with E-state index in [0.29, 0.717) is 11.1 Å². The van der Waals surface area contributed by atoms with Gasteiger partial charge in [0, 0.05) is 0 Å². The molecule has 0 saturated heterocycles. The Kier molecular flexibility index (Phi) is 3.95. The van der Waals surface area contributed by atoms with E-state index in [9.17, 15) is 9.18 Å². The zero-order chi connectivity index (χ0) is 13.8. The maximum atomic E-state index is 13.1. The van der Waals surface area contributed by atoms with E-state index in [1.165, 1.54) is 18.2 Å². The molecule has 0 heterocycles. The maximum absolute atomic E-state index is 13.1. The molecule has 0 saturated carbocycles. The first-order chi connectivity index (χ1) is 9.08. The van der Waals surface area contributed by atoms with Crippen LogP contribution in [-0.2, 0) is 4.74 Å². The molecule has 1 unspecified atom stereocenters. The van der Waals surface area contributed by atoms with Crippen molar-refractivity contribution in [2.75, 3.05) is 0 Å². The molecule has 98 valence electrons. The molecule has 0 aliphatic carbocycles. The first-order valence-electron chi connectivity index (χ1n) is 6.10. The Labute approximate surface area is 111 Å². The summed E-state index contributed by atoms with van der Waals surface area (Å²) in [5.41, 5.74) is 1.72. The number of aryl methyl sites for hydroxylation is 1. The van der Waals surface area contributed by atoms with Gasteiger partial charge in [-0.3, -0.25) is 0 Å². The third-order valence-electron chi connectivity index (χ3n) is 2.95. The highest BCUT2D eigenvalue weighted by Gasteiger charge is 2.14. The van der Waals surface area contributed by atoms with Gasteiger partial charge in [-0.2, -0.15) is 0 Å². The summed E-state index contributed by atoms with van der Waals surface area (Å²) in [5, 5.41) is 0. The highest BCUT2D eigenvalue weighted by atomic mass is 19.1. The fourth-order valence-corrected chi connectivity index (χ4v) is 1.79. The summed E-state index contributed by atoms with van der Waals surface area (Å²) in [7, 11) is 0. The van der Waals surface area contributed by atoms with Crippen molar-refractivity contribution in [2.24, 2.45) is 0 Å². The van der Waals surface area contributed by atoms with Crippen LogP contribution in [0.15, 0.2) is 48.5 Å². The normalized spacial score (nSPS) is 11.9. The molecule has 0 aliphatic heterocycles. The van der Waals surface area contributed by atoms with Crippen molar-refractivity contribution in [3.63, 3.8) is 0 Å². The molecular weight excluding hydrogens is 243 g/mol. The predicted octanol–water partition coefficient (Wildman–Crippen LogP) is 4.05. The first kappa shape index (κ1) is 13.3. The lowest BCUT2D eigenvalue weighted by Gasteiger charge is -2.13. The van der Waals surface area contributed by atoms with Gasteiger partial charge in [0.15, 0.2) is 0 Å². The van der Waals surface area contributed by atoms with E-state index < -0.39 is 5.97 Å². The van der Waals surface area contributed by atoms with Gasteiger partial charge in [0.1, 0.15) is 11.9 Å². The van der Waals surface area contributed by atoms with E-state index in [0.717, 1.165) is 5.56 Å². The predicted molar refractivity (Wildman–Crippen MR) is 71.4 cm³/mol. The molecule has 0 N–H and O–H groups in total. The number of benzene rings is 2. The molecule has 0 aliphatic rings. The van der Waals surface area contributed by atoms with Gasteiger partial charge in [0.2, 0.25) is 0 Å². The van der Waals surface area contributed by atoms with Crippen LogP contribution in [0.1, 0.15) is 34.5 Å². The molecule has 2 rings (SSSR count). The van der Waals surface area contributed by atoms with Crippen LogP contribution in [0.3, 0.4) is 0 Å². The molecule has 0 aromatic heterocycles. The fourth-order valence-electron chi connectivity index (χ4n) is 1.79. The molecule has 2 nitrogen and oxygen atoms in total. The summed E-state index contributed by atoms with van der Waals surface area (Å²) in [5.74, 6) is -0.771. The molecule has 0 spiro atoms. The largest absolute Gasteiger partial charge is 0.454 e. The highest BCUT2D eigenvalue weighted by Crippen LogP contribution is 2.19. The minimum atomic E-state index is -0.445. The second-order valence-corrected chi connectivity index (χ2v) is 4.42.